The van der Waals surface area contributed by atoms with Crippen LogP contribution in [0, 0.1) is 29.2 Å². The average molecular weight is 503 g/mol. The molecule has 1 amide bonds. The summed E-state index contributed by atoms with van der Waals surface area (Å²) in [4.78, 5) is 34.9. The second-order valence-corrected chi connectivity index (χ2v) is 8.22. The normalized spacial score (nSPS) is 12.6. The first kappa shape index (κ1) is 26.4. The van der Waals surface area contributed by atoms with Crippen LogP contribution in [0.2, 0.25) is 0 Å². The average Bonchev–Trinajstić information content (AvgIpc) is 2.83. The number of amides is 1. The number of rotatable bonds is 9. The van der Waals surface area contributed by atoms with Crippen LogP contribution in [0.3, 0.4) is 0 Å². The lowest BCUT2D eigenvalue weighted by molar-refractivity contribution is -0.141. The standard InChI is InChI=1S/C26H21F4NO5/c1-13(25(33)34)11-17(12-14-7-9-16(10-8-14)15-5-3-2-4-6-15)31-24(32)18-20(27)22(29)19(26(35)36)23(30)21(18)28/h2-10,13,17H,11-12H2,1H3,(H,31,32)(H,33,34)(H,35,36)/t13-,17+/m1/s1. The van der Waals surface area contributed by atoms with E-state index in [1.165, 1.54) is 6.92 Å². The number of hydrogen-bond donors (Lipinski definition) is 3. The Morgan fingerprint density at radius 2 is 1.28 bits per heavy atom. The number of carboxylic acid groups (broad SMARTS) is 2. The number of carboxylic acids is 2. The van der Waals surface area contributed by atoms with E-state index in [-0.39, 0.29) is 12.8 Å². The molecule has 3 rings (SSSR count). The van der Waals surface area contributed by atoms with Crippen molar-refractivity contribution in [1.82, 2.24) is 5.32 Å². The van der Waals surface area contributed by atoms with Crippen molar-refractivity contribution in [2.45, 2.75) is 25.8 Å². The summed E-state index contributed by atoms with van der Waals surface area (Å²) in [6, 6.07) is 15.5. The molecule has 0 unspecified atom stereocenters. The van der Waals surface area contributed by atoms with Gasteiger partial charge < -0.3 is 15.5 Å². The molecule has 0 radical (unpaired) electrons. The number of hydrogen-bond acceptors (Lipinski definition) is 3. The van der Waals surface area contributed by atoms with E-state index >= 15 is 0 Å². The molecule has 0 aromatic heterocycles. The third-order valence-corrected chi connectivity index (χ3v) is 5.64. The van der Waals surface area contributed by atoms with Crippen LogP contribution in [0.1, 0.15) is 39.6 Å². The number of benzene rings is 3. The fraction of sp³-hybridized carbons (Fsp3) is 0.192. The van der Waals surface area contributed by atoms with Crippen molar-refractivity contribution in [2.75, 3.05) is 0 Å². The van der Waals surface area contributed by atoms with Gasteiger partial charge in [0, 0.05) is 6.04 Å². The van der Waals surface area contributed by atoms with E-state index in [4.69, 9.17) is 5.11 Å². The Labute approximate surface area is 203 Å². The molecule has 0 spiro atoms. The van der Waals surface area contributed by atoms with Gasteiger partial charge in [-0.3, -0.25) is 9.59 Å². The number of carbonyl (C=O) groups excluding carboxylic acids is 1. The third-order valence-electron chi connectivity index (χ3n) is 5.64. The van der Waals surface area contributed by atoms with E-state index in [1.807, 2.05) is 30.3 Å². The summed E-state index contributed by atoms with van der Waals surface area (Å²) in [5, 5.41) is 20.3. The van der Waals surface area contributed by atoms with Crippen molar-refractivity contribution >= 4 is 17.8 Å². The summed E-state index contributed by atoms with van der Waals surface area (Å²) < 4.78 is 56.9. The van der Waals surface area contributed by atoms with E-state index in [0.717, 1.165) is 11.1 Å². The van der Waals surface area contributed by atoms with Crippen molar-refractivity contribution in [3.8, 4) is 11.1 Å². The van der Waals surface area contributed by atoms with E-state index in [9.17, 15) is 37.1 Å². The molecule has 0 saturated heterocycles. The zero-order chi connectivity index (χ0) is 26.6. The van der Waals surface area contributed by atoms with Crippen LogP contribution in [0.4, 0.5) is 17.6 Å². The van der Waals surface area contributed by atoms with Gasteiger partial charge in [-0.2, -0.15) is 0 Å². The monoisotopic (exact) mass is 503 g/mol. The highest BCUT2D eigenvalue weighted by Gasteiger charge is 2.33. The molecule has 3 aromatic rings. The smallest absolute Gasteiger partial charge is 0.341 e. The summed E-state index contributed by atoms with van der Waals surface area (Å²) in [5.41, 5.74) is -1.00. The maximum absolute atomic E-state index is 14.4. The quantitative estimate of drug-likeness (QED) is 0.280. The third kappa shape index (κ3) is 5.70. The van der Waals surface area contributed by atoms with Crippen molar-refractivity contribution in [2.24, 2.45) is 5.92 Å². The first-order valence-electron chi connectivity index (χ1n) is 10.8. The number of aliphatic carboxylic acids is 1. The summed E-state index contributed by atoms with van der Waals surface area (Å²) in [6.45, 7) is 1.36. The molecule has 0 aliphatic heterocycles. The molecule has 188 valence electrons. The van der Waals surface area contributed by atoms with E-state index in [0.29, 0.717) is 5.56 Å². The lowest BCUT2D eigenvalue weighted by atomic mass is 9.94. The molecule has 0 aliphatic rings. The van der Waals surface area contributed by atoms with E-state index in [2.05, 4.69) is 5.32 Å². The van der Waals surface area contributed by atoms with Crippen molar-refractivity contribution in [1.29, 1.82) is 0 Å². The minimum Gasteiger partial charge on any atom is -0.481 e. The molecule has 3 N–H and O–H groups in total. The highest BCUT2D eigenvalue weighted by Crippen LogP contribution is 2.25. The fourth-order valence-electron chi connectivity index (χ4n) is 3.75. The first-order chi connectivity index (χ1) is 17.0. The second-order valence-electron chi connectivity index (χ2n) is 8.22. The fourth-order valence-corrected chi connectivity index (χ4v) is 3.75. The molecular formula is C26H21F4NO5. The van der Waals surface area contributed by atoms with E-state index < -0.39 is 64.2 Å². The van der Waals surface area contributed by atoms with Gasteiger partial charge in [-0.1, -0.05) is 61.5 Å². The molecular weight excluding hydrogens is 482 g/mol. The second kappa shape index (κ2) is 11.0. The first-order valence-corrected chi connectivity index (χ1v) is 10.8. The number of halogens is 4. The highest BCUT2D eigenvalue weighted by molar-refractivity contribution is 5.97. The van der Waals surface area contributed by atoms with Gasteiger partial charge in [-0.05, 0) is 29.5 Å². The summed E-state index contributed by atoms with van der Waals surface area (Å²) in [6.07, 6.45) is -0.122. The number of nitrogens with one attached hydrogen (secondary N) is 1. The number of aromatic carboxylic acids is 1. The molecule has 0 fully saturated rings. The lowest BCUT2D eigenvalue weighted by Gasteiger charge is -2.22. The Kier molecular flexibility index (Phi) is 8.08. The molecule has 0 aliphatic carbocycles. The molecule has 0 saturated carbocycles. The van der Waals surface area contributed by atoms with Crippen molar-refractivity contribution in [3.63, 3.8) is 0 Å². The van der Waals surface area contributed by atoms with E-state index in [1.54, 1.807) is 24.3 Å². The molecule has 36 heavy (non-hydrogen) atoms. The summed E-state index contributed by atoms with van der Waals surface area (Å²) in [5.74, 6) is -14.7. The Balaban J connectivity index is 1.89. The molecule has 0 heterocycles. The minimum atomic E-state index is -2.25. The van der Waals surface area contributed by atoms with Crippen LogP contribution in [0.25, 0.3) is 11.1 Å². The van der Waals surface area contributed by atoms with Gasteiger partial charge in [0.05, 0.1) is 5.92 Å². The van der Waals surface area contributed by atoms with Crippen LogP contribution >= 0.6 is 0 Å². The van der Waals surface area contributed by atoms with Gasteiger partial charge in [0.2, 0.25) is 0 Å². The van der Waals surface area contributed by atoms with Gasteiger partial charge in [-0.25, -0.2) is 22.4 Å². The van der Waals surface area contributed by atoms with Gasteiger partial charge in [0.25, 0.3) is 5.91 Å². The molecule has 0 bridgehead atoms. The molecule has 10 heteroatoms. The van der Waals surface area contributed by atoms with Gasteiger partial charge in [0.15, 0.2) is 23.3 Å². The van der Waals surface area contributed by atoms with Gasteiger partial charge in [0.1, 0.15) is 11.1 Å². The van der Waals surface area contributed by atoms with Gasteiger partial charge in [-0.15, -0.1) is 0 Å². The molecule has 2 atom stereocenters. The summed E-state index contributed by atoms with van der Waals surface area (Å²) in [7, 11) is 0. The maximum Gasteiger partial charge on any atom is 0.341 e. The zero-order valence-corrected chi connectivity index (χ0v) is 18.9. The predicted molar refractivity (Wildman–Crippen MR) is 121 cm³/mol. The molecule has 3 aromatic carbocycles. The van der Waals surface area contributed by atoms with Crippen LogP contribution in [0.5, 0.6) is 0 Å². The highest BCUT2D eigenvalue weighted by atomic mass is 19.2. The summed E-state index contributed by atoms with van der Waals surface area (Å²) >= 11 is 0. The zero-order valence-electron chi connectivity index (χ0n) is 18.9. The predicted octanol–water partition coefficient (Wildman–Crippen LogP) is 5.06. The van der Waals surface area contributed by atoms with Crippen molar-refractivity contribution < 1.29 is 42.2 Å². The van der Waals surface area contributed by atoms with Crippen LogP contribution in [-0.4, -0.2) is 34.1 Å². The molecule has 6 nitrogen and oxygen atoms in total. The number of carbonyl (C=O) groups is 3. The van der Waals surface area contributed by atoms with Crippen LogP contribution in [0.15, 0.2) is 54.6 Å². The largest absolute Gasteiger partial charge is 0.481 e. The SMILES string of the molecule is C[C@H](C[C@@H](Cc1ccc(-c2ccccc2)cc1)NC(=O)c1c(F)c(F)c(C(=O)O)c(F)c1F)C(=O)O. The Hall–Kier alpha value is -4.21. The van der Waals surface area contributed by atoms with Gasteiger partial charge >= 0.3 is 11.9 Å². The topological polar surface area (TPSA) is 104 Å². The lowest BCUT2D eigenvalue weighted by Crippen LogP contribution is -2.39. The Bertz CT molecular complexity index is 1270. The Morgan fingerprint density at radius 3 is 1.78 bits per heavy atom. The maximum atomic E-state index is 14.4. The van der Waals surface area contributed by atoms with Crippen LogP contribution in [-0.2, 0) is 11.2 Å². The van der Waals surface area contributed by atoms with Crippen LogP contribution < -0.4 is 5.32 Å². The Morgan fingerprint density at radius 1 is 0.778 bits per heavy atom. The minimum absolute atomic E-state index is 0.0415. The van der Waals surface area contributed by atoms with Crippen molar-refractivity contribution in [3.05, 3.63) is 94.6 Å².